The number of carbonyl (C=O) groups is 1. The van der Waals surface area contributed by atoms with E-state index in [0.717, 1.165) is 35.6 Å². The van der Waals surface area contributed by atoms with Gasteiger partial charge in [0, 0.05) is 18.3 Å². The Morgan fingerprint density at radius 1 is 1.17 bits per heavy atom. The Morgan fingerprint density at radius 2 is 1.96 bits per heavy atom. The highest BCUT2D eigenvalue weighted by atomic mass is 16.4. The van der Waals surface area contributed by atoms with Crippen molar-refractivity contribution in [2.24, 2.45) is 0 Å². The van der Waals surface area contributed by atoms with E-state index in [9.17, 15) is 9.90 Å². The molecule has 0 saturated carbocycles. The number of hydrogen-bond donors (Lipinski definition) is 1. The van der Waals surface area contributed by atoms with Gasteiger partial charge in [0.15, 0.2) is 0 Å². The molecule has 1 N–H and O–H groups in total. The van der Waals surface area contributed by atoms with E-state index in [0.29, 0.717) is 13.0 Å². The van der Waals surface area contributed by atoms with Gasteiger partial charge in [0.1, 0.15) is 11.7 Å². The average molecular weight is 321 g/mol. The predicted molar refractivity (Wildman–Crippen MR) is 91.7 cm³/mol. The highest BCUT2D eigenvalue weighted by Crippen LogP contribution is 2.28. The normalized spacial score (nSPS) is 18.2. The first kappa shape index (κ1) is 14.9. The summed E-state index contributed by atoms with van der Waals surface area (Å²) in [6, 6.07) is 15.6. The summed E-state index contributed by atoms with van der Waals surface area (Å²) in [5, 5.41) is 9.45. The second-order valence-corrected chi connectivity index (χ2v) is 6.17. The number of carboxylic acid groups (broad SMARTS) is 1. The summed E-state index contributed by atoms with van der Waals surface area (Å²) in [5.74, 6) is -0.734. The number of nitrogens with zero attached hydrogens (tertiary/aromatic N) is 3. The van der Waals surface area contributed by atoms with Gasteiger partial charge >= 0.3 is 5.97 Å². The van der Waals surface area contributed by atoms with Gasteiger partial charge in [-0.1, -0.05) is 36.4 Å². The van der Waals surface area contributed by atoms with E-state index in [4.69, 9.17) is 4.98 Å². The van der Waals surface area contributed by atoms with Gasteiger partial charge in [-0.2, -0.15) is 0 Å². The molecular formula is C19H19N3O2. The smallest absolute Gasteiger partial charge is 0.320 e. The van der Waals surface area contributed by atoms with Crippen LogP contribution in [0, 0.1) is 0 Å². The lowest BCUT2D eigenvalue weighted by molar-refractivity contribution is -0.142. The molecule has 4 rings (SSSR count). The van der Waals surface area contributed by atoms with Crippen molar-refractivity contribution >= 4 is 11.6 Å². The van der Waals surface area contributed by atoms with Crippen molar-refractivity contribution in [1.82, 2.24) is 14.3 Å². The molecule has 0 spiro atoms. The molecule has 1 atom stereocenters. The fourth-order valence-corrected chi connectivity index (χ4v) is 3.51. The molecule has 1 saturated heterocycles. The first-order valence-corrected chi connectivity index (χ1v) is 8.22. The summed E-state index contributed by atoms with van der Waals surface area (Å²) in [5.41, 5.74) is 3.92. The molecule has 122 valence electrons. The van der Waals surface area contributed by atoms with E-state index in [1.165, 1.54) is 0 Å². The quantitative estimate of drug-likeness (QED) is 0.802. The van der Waals surface area contributed by atoms with Crippen molar-refractivity contribution in [3.05, 3.63) is 60.4 Å². The number of fused-ring (bicyclic) bond motifs is 1. The summed E-state index contributed by atoms with van der Waals surface area (Å²) in [6.45, 7) is 1.40. The SMILES string of the molecule is O=C(O)C1CCCN1Cc1c(-c2ccccc2)nc2ccccn12. The summed E-state index contributed by atoms with van der Waals surface area (Å²) in [7, 11) is 0. The molecule has 0 aliphatic carbocycles. The first-order chi connectivity index (χ1) is 11.7. The number of benzene rings is 1. The third kappa shape index (κ3) is 2.57. The van der Waals surface area contributed by atoms with Crippen LogP contribution in [0.1, 0.15) is 18.5 Å². The number of likely N-dealkylation sites (tertiary alicyclic amines) is 1. The van der Waals surface area contributed by atoms with Crippen LogP contribution in [-0.4, -0.2) is 37.9 Å². The minimum atomic E-state index is -0.734. The molecule has 24 heavy (non-hydrogen) atoms. The van der Waals surface area contributed by atoms with Crippen LogP contribution in [-0.2, 0) is 11.3 Å². The Kier molecular flexibility index (Phi) is 3.78. The molecule has 1 fully saturated rings. The maximum Gasteiger partial charge on any atom is 0.320 e. The third-order valence-electron chi connectivity index (χ3n) is 4.68. The maximum absolute atomic E-state index is 11.5. The Bertz CT molecular complexity index is 873. The van der Waals surface area contributed by atoms with Crippen LogP contribution in [0.4, 0.5) is 0 Å². The zero-order valence-electron chi connectivity index (χ0n) is 13.3. The second kappa shape index (κ2) is 6.09. The highest BCUT2D eigenvalue weighted by Gasteiger charge is 2.31. The average Bonchev–Trinajstić information content (AvgIpc) is 3.21. The van der Waals surface area contributed by atoms with E-state index in [1.807, 2.05) is 59.6 Å². The van der Waals surface area contributed by atoms with Gasteiger partial charge < -0.3 is 9.51 Å². The standard InChI is InChI=1S/C19H19N3O2/c23-19(24)15-9-6-11-21(15)13-16-18(14-7-2-1-3-8-14)20-17-10-4-5-12-22(16)17/h1-5,7-8,10,12,15H,6,9,11,13H2,(H,23,24). The highest BCUT2D eigenvalue weighted by molar-refractivity contribution is 5.74. The number of hydrogen-bond acceptors (Lipinski definition) is 3. The van der Waals surface area contributed by atoms with Crippen molar-refractivity contribution < 1.29 is 9.90 Å². The van der Waals surface area contributed by atoms with E-state index >= 15 is 0 Å². The number of carboxylic acids is 1. The van der Waals surface area contributed by atoms with Crippen LogP contribution in [0.2, 0.25) is 0 Å². The van der Waals surface area contributed by atoms with Crippen molar-refractivity contribution in [3.63, 3.8) is 0 Å². The molecule has 5 nitrogen and oxygen atoms in total. The number of aliphatic carboxylic acids is 1. The van der Waals surface area contributed by atoms with Gasteiger partial charge in [0.25, 0.3) is 0 Å². The second-order valence-electron chi connectivity index (χ2n) is 6.17. The maximum atomic E-state index is 11.5. The van der Waals surface area contributed by atoms with Crippen molar-refractivity contribution in [2.45, 2.75) is 25.4 Å². The van der Waals surface area contributed by atoms with Gasteiger partial charge in [-0.05, 0) is 31.5 Å². The predicted octanol–water partition coefficient (Wildman–Crippen LogP) is 3.05. The van der Waals surface area contributed by atoms with Crippen LogP contribution in [0.25, 0.3) is 16.9 Å². The number of imidazole rings is 1. The molecule has 1 aliphatic rings. The molecular weight excluding hydrogens is 302 g/mol. The van der Waals surface area contributed by atoms with Crippen LogP contribution < -0.4 is 0 Å². The fraction of sp³-hybridized carbons (Fsp3) is 0.263. The molecule has 3 heterocycles. The topological polar surface area (TPSA) is 57.8 Å². The zero-order valence-corrected chi connectivity index (χ0v) is 13.3. The summed E-state index contributed by atoms with van der Waals surface area (Å²) >= 11 is 0. The Morgan fingerprint density at radius 3 is 2.75 bits per heavy atom. The largest absolute Gasteiger partial charge is 0.480 e. The monoisotopic (exact) mass is 321 g/mol. The van der Waals surface area contributed by atoms with Gasteiger partial charge in [0.05, 0.1) is 11.4 Å². The molecule has 2 aromatic heterocycles. The lowest BCUT2D eigenvalue weighted by Crippen LogP contribution is -2.35. The van der Waals surface area contributed by atoms with Crippen LogP contribution in [0.5, 0.6) is 0 Å². The van der Waals surface area contributed by atoms with Crippen molar-refractivity contribution in [1.29, 1.82) is 0 Å². The number of aromatic nitrogens is 2. The number of rotatable bonds is 4. The molecule has 0 bridgehead atoms. The van der Waals surface area contributed by atoms with E-state index in [1.54, 1.807) is 0 Å². The van der Waals surface area contributed by atoms with Gasteiger partial charge in [0.2, 0.25) is 0 Å². The third-order valence-corrected chi connectivity index (χ3v) is 4.68. The van der Waals surface area contributed by atoms with Gasteiger partial charge in [-0.15, -0.1) is 0 Å². The Balaban J connectivity index is 1.80. The minimum Gasteiger partial charge on any atom is -0.480 e. The molecule has 1 aromatic carbocycles. The molecule has 1 aliphatic heterocycles. The molecule has 5 heteroatoms. The van der Waals surface area contributed by atoms with Gasteiger partial charge in [-0.3, -0.25) is 9.69 Å². The zero-order chi connectivity index (χ0) is 16.5. The van der Waals surface area contributed by atoms with Gasteiger partial charge in [-0.25, -0.2) is 4.98 Å². The van der Waals surface area contributed by atoms with E-state index in [-0.39, 0.29) is 0 Å². The molecule has 1 unspecified atom stereocenters. The van der Waals surface area contributed by atoms with Crippen LogP contribution in [0.15, 0.2) is 54.7 Å². The fourth-order valence-electron chi connectivity index (χ4n) is 3.51. The van der Waals surface area contributed by atoms with Crippen molar-refractivity contribution in [3.8, 4) is 11.3 Å². The van der Waals surface area contributed by atoms with Crippen LogP contribution in [0.3, 0.4) is 0 Å². The Hall–Kier alpha value is -2.66. The molecule has 3 aromatic rings. The lowest BCUT2D eigenvalue weighted by Gasteiger charge is -2.21. The van der Waals surface area contributed by atoms with Crippen molar-refractivity contribution in [2.75, 3.05) is 6.54 Å². The summed E-state index contributed by atoms with van der Waals surface area (Å²) in [4.78, 5) is 18.3. The molecule has 0 radical (unpaired) electrons. The Labute approximate surface area is 140 Å². The lowest BCUT2D eigenvalue weighted by atomic mass is 10.1. The minimum absolute atomic E-state index is 0.400. The summed E-state index contributed by atoms with van der Waals surface area (Å²) < 4.78 is 2.07. The summed E-state index contributed by atoms with van der Waals surface area (Å²) in [6.07, 6.45) is 3.64. The molecule has 0 amide bonds. The first-order valence-electron chi connectivity index (χ1n) is 8.22. The van der Waals surface area contributed by atoms with E-state index < -0.39 is 12.0 Å². The van der Waals surface area contributed by atoms with Crippen LogP contribution >= 0.6 is 0 Å². The van der Waals surface area contributed by atoms with E-state index in [2.05, 4.69) is 4.40 Å². The number of pyridine rings is 1.